The number of hydrogen-bond acceptors (Lipinski definition) is 7. The Kier molecular flexibility index (Phi) is 7.45. The van der Waals surface area contributed by atoms with Crippen molar-refractivity contribution in [3.8, 4) is 0 Å². The average molecular weight is 404 g/mol. The third-order valence-corrected chi connectivity index (χ3v) is 4.92. The van der Waals surface area contributed by atoms with Crippen LogP contribution in [0.5, 0.6) is 0 Å². The molecule has 1 aromatic heterocycles. The maximum Gasteiger partial charge on any atom is 0.319 e. The van der Waals surface area contributed by atoms with Crippen LogP contribution in [-0.2, 0) is 9.53 Å². The van der Waals surface area contributed by atoms with Gasteiger partial charge in [0.25, 0.3) is 0 Å². The SMILES string of the molecule is CCOC(=O)CNC1CCC(Nc2cc(Nc3cccc(Cl)c3)ncn2)CC1. The summed E-state index contributed by atoms with van der Waals surface area (Å²) in [6, 6.07) is 10.1. The van der Waals surface area contributed by atoms with Gasteiger partial charge in [0.2, 0.25) is 0 Å². The first kappa shape index (κ1) is 20.4. The quantitative estimate of drug-likeness (QED) is 0.578. The molecular weight excluding hydrogens is 378 g/mol. The third kappa shape index (κ3) is 6.35. The highest BCUT2D eigenvalue weighted by atomic mass is 35.5. The molecule has 1 aliphatic rings. The molecule has 150 valence electrons. The number of benzene rings is 1. The molecule has 1 fully saturated rings. The number of nitrogens with zero attached hydrogens (tertiary/aromatic N) is 2. The second-order valence-electron chi connectivity index (χ2n) is 6.80. The lowest BCUT2D eigenvalue weighted by molar-refractivity contribution is -0.142. The number of ether oxygens (including phenoxy) is 1. The molecule has 1 aromatic carbocycles. The zero-order valence-electron chi connectivity index (χ0n) is 16.0. The lowest BCUT2D eigenvalue weighted by Gasteiger charge is -2.29. The summed E-state index contributed by atoms with van der Waals surface area (Å²) in [5.74, 6) is 1.32. The first-order chi connectivity index (χ1) is 13.6. The highest BCUT2D eigenvalue weighted by Gasteiger charge is 2.21. The smallest absolute Gasteiger partial charge is 0.319 e. The van der Waals surface area contributed by atoms with E-state index in [2.05, 4.69) is 25.9 Å². The molecule has 0 saturated heterocycles. The summed E-state index contributed by atoms with van der Waals surface area (Å²) >= 11 is 6.02. The molecule has 0 aliphatic heterocycles. The van der Waals surface area contributed by atoms with E-state index < -0.39 is 0 Å². The standard InChI is InChI=1S/C20H26ClN5O2/c1-2-28-20(27)12-22-15-6-8-16(9-7-15)25-18-11-19(24-13-23-18)26-17-5-3-4-14(21)10-17/h3-5,10-11,13,15-16,22H,2,6-9,12H2,1H3,(H2,23,24,25,26). The number of esters is 1. The molecule has 0 amide bonds. The van der Waals surface area contributed by atoms with E-state index in [0.717, 1.165) is 37.2 Å². The van der Waals surface area contributed by atoms with Gasteiger partial charge >= 0.3 is 5.97 Å². The van der Waals surface area contributed by atoms with Crippen molar-refractivity contribution in [3.63, 3.8) is 0 Å². The van der Waals surface area contributed by atoms with Crippen LogP contribution in [-0.4, -0.2) is 41.2 Å². The summed E-state index contributed by atoms with van der Waals surface area (Å²) in [6.07, 6.45) is 5.59. The van der Waals surface area contributed by atoms with Crippen LogP contribution < -0.4 is 16.0 Å². The summed E-state index contributed by atoms with van der Waals surface area (Å²) < 4.78 is 4.95. The van der Waals surface area contributed by atoms with E-state index in [1.165, 1.54) is 0 Å². The van der Waals surface area contributed by atoms with Gasteiger partial charge in [-0.3, -0.25) is 4.79 Å². The van der Waals surface area contributed by atoms with Gasteiger partial charge in [-0.05, 0) is 50.8 Å². The largest absolute Gasteiger partial charge is 0.465 e. The second kappa shape index (κ2) is 10.2. The van der Waals surface area contributed by atoms with E-state index in [0.29, 0.717) is 29.5 Å². The number of hydrogen-bond donors (Lipinski definition) is 3. The predicted molar refractivity (Wildman–Crippen MR) is 111 cm³/mol. The molecule has 1 saturated carbocycles. The third-order valence-electron chi connectivity index (χ3n) is 4.68. The number of carbonyl (C=O) groups excluding carboxylic acids is 1. The Morgan fingerprint density at radius 3 is 2.64 bits per heavy atom. The molecule has 7 nitrogen and oxygen atoms in total. The fraction of sp³-hybridized carbons (Fsp3) is 0.450. The summed E-state index contributed by atoms with van der Waals surface area (Å²) in [4.78, 5) is 20.0. The van der Waals surface area contributed by atoms with Crippen LogP contribution in [0.1, 0.15) is 32.6 Å². The summed E-state index contributed by atoms with van der Waals surface area (Å²) in [5.41, 5.74) is 0.880. The van der Waals surface area contributed by atoms with E-state index in [-0.39, 0.29) is 12.5 Å². The summed E-state index contributed by atoms with van der Waals surface area (Å²) in [7, 11) is 0. The number of carbonyl (C=O) groups is 1. The molecule has 28 heavy (non-hydrogen) atoms. The second-order valence-corrected chi connectivity index (χ2v) is 7.24. The first-order valence-electron chi connectivity index (χ1n) is 9.62. The molecular formula is C20H26ClN5O2. The minimum Gasteiger partial charge on any atom is -0.465 e. The minimum absolute atomic E-state index is 0.191. The van der Waals surface area contributed by atoms with Crippen LogP contribution in [0.4, 0.5) is 17.3 Å². The van der Waals surface area contributed by atoms with Gasteiger partial charge in [-0.25, -0.2) is 9.97 Å². The van der Waals surface area contributed by atoms with Crippen LogP contribution >= 0.6 is 11.6 Å². The van der Waals surface area contributed by atoms with Gasteiger partial charge in [0.1, 0.15) is 18.0 Å². The maximum absolute atomic E-state index is 11.4. The van der Waals surface area contributed by atoms with Gasteiger partial charge in [-0.1, -0.05) is 17.7 Å². The number of rotatable bonds is 8. The van der Waals surface area contributed by atoms with Crippen molar-refractivity contribution >= 4 is 34.9 Å². The molecule has 0 spiro atoms. The summed E-state index contributed by atoms with van der Waals surface area (Å²) in [6.45, 7) is 2.52. The fourth-order valence-corrected chi connectivity index (χ4v) is 3.50. The van der Waals surface area contributed by atoms with Gasteiger partial charge in [0, 0.05) is 28.9 Å². The maximum atomic E-state index is 11.4. The van der Waals surface area contributed by atoms with Crippen molar-refractivity contribution in [1.29, 1.82) is 0 Å². The highest BCUT2D eigenvalue weighted by Crippen LogP contribution is 2.23. The predicted octanol–water partition coefficient (Wildman–Crippen LogP) is 3.75. The Balaban J connectivity index is 1.47. The zero-order valence-corrected chi connectivity index (χ0v) is 16.7. The molecule has 8 heteroatoms. The van der Waals surface area contributed by atoms with Crippen LogP contribution in [0, 0.1) is 0 Å². The Morgan fingerprint density at radius 1 is 1.14 bits per heavy atom. The minimum atomic E-state index is -0.191. The summed E-state index contributed by atoms with van der Waals surface area (Å²) in [5, 5.41) is 10.7. The van der Waals surface area contributed by atoms with E-state index in [9.17, 15) is 4.79 Å². The van der Waals surface area contributed by atoms with Gasteiger partial charge in [-0.15, -0.1) is 0 Å². The highest BCUT2D eigenvalue weighted by molar-refractivity contribution is 6.30. The van der Waals surface area contributed by atoms with Gasteiger partial charge in [0.05, 0.1) is 13.2 Å². The Morgan fingerprint density at radius 2 is 1.89 bits per heavy atom. The van der Waals surface area contributed by atoms with Gasteiger partial charge in [0.15, 0.2) is 0 Å². The molecule has 1 aliphatic carbocycles. The van der Waals surface area contributed by atoms with Crippen molar-refractivity contribution < 1.29 is 9.53 Å². The number of aromatic nitrogens is 2. The fourth-order valence-electron chi connectivity index (χ4n) is 3.31. The molecule has 0 bridgehead atoms. The van der Waals surface area contributed by atoms with Crippen LogP contribution in [0.3, 0.4) is 0 Å². The van der Waals surface area contributed by atoms with Crippen LogP contribution in [0.2, 0.25) is 5.02 Å². The average Bonchev–Trinajstić information content (AvgIpc) is 2.68. The van der Waals surface area contributed by atoms with E-state index in [1.54, 1.807) is 6.33 Å². The van der Waals surface area contributed by atoms with Crippen molar-refractivity contribution in [2.45, 2.75) is 44.7 Å². The van der Waals surface area contributed by atoms with Gasteiger partial charge < -0.3 is 20.7 Å². The van der Waals surface area contributed by atoms with Gasteiger partial charge in [-0.2, -0.15) is 0 Å². The molecule has 3 N–H and O–H groups in total. The van der Waals surface area contributed by atoms with E-state index in [1.807, 2.05) is 37.3 Å². The topological polar surface area (TPSA) is 88.2 Å². The van der Waals surface area contributed by atoms with E-state index >= 15 is 0 Å². The number of halogens is 1. The van der Waals surface area contributed by atoms with Crippen molar-refractivity contribution in [1.82, 2.24) is 15.3 Å². The molecule has 0 radical (unpaired) electrons. The lowest BCUT2D eigenvalue weighted by Crippen LogP contribution is -2.39. The van der Waals surface area contributed by atoms with Crippen LogP contribution in [0.25, 0.3) is 0 Å². The first-order valence-corrected chi connectivity index (χ1v) is 10.0. The molecule has 0 unspecified atom stereocenters. The van der Waals surface area contributed by atoms with E-state index in [4.69, 9.17) is 16.3 Å². The lowest BCUT2D eigenvalue weighted by atomic mass is 9.91. The van der Waals surface area contributed by atoms with Crippen LogP contribution in [0.15, 0.2) is 36.7 Å². The monoisotopic (exact) mass is 403 g/mol. The molecule has 1 heterocycles. The number of anilines is 3. The Hall–Kier alpha value is -2.38. The zero-order chi connectivity index (χ0) is 19.8. The van der Waals surface area contributed by atoms with Crippen molar-refractivity contribution in [2.24, 2.45) is 0 Å². The molecule has 0 atom stereocenters. The molecule has 2 aromatic rings. The van der Waals surface area contributed by atoms with Crippen molar-refractivity contribution in [2.75, 3.05) is 23.8 Å². The van der Waals surface area contributed by atoms with Crippen molar-refractivity contribution in [3.05, 3.63) is 41.7 Å². The molecule has 3 rings (SSSR count). The normalized spacial score (nSPS) is 19.1. The number of nitrogens with one attached hydrogen (secondary N) is 3. The Bertz CT molecular complexity index is 781. The Labute approximate surface area is 170 Å².